The number of amides is 3. The molecule has 0 radical (unpaired) electrons. The molecule has 0 spiro atoms. The highest BCUT2D eigenvalue weighted by molar-refractivity contribution is 5.86. The van der Waals surface area contributed by atoms with Crippen molar-refractivity contribution in [3.63, 3.8) is 0 Å². The van der Waals surface area contributed by atoms with E-state index in [-0.39, 0.29) is 11.9 Å². The normalized spacial score (nSPS) is 11.7. The first kappa shape index (κ1) is 14.7. The average Bonchev–Trinajstić information content (AvgIpc) is 2.26. The molecule has 3 N–H and O–H groups in total. The van der Waals surface area contributed by atoms with Crippen LogP contribution in [0.3, 0.4) is 0 Å². The monoisotopic (exact) mass is 231 g/mol. The summed E-state index contributed by atoms with van der Waals surface area (Å²) < 4.78 is 4.79. The molecule has 6 nitrogen and oxygen atoms in total. The molecule has 0 aromatic rings. The van der Waals surface area contributed by atoms with Crippen LogP contribution in [0.5, 0.6) is 0 Å². The molecular formula is C10H21N3O3. The highest BCUT2D eigenvalue weighted by Crippen LogP contribution is 1.82. The predicted octanol–water partition coefficient (Wildman–Crippen LogP) is -0.153. The number of carbonyl (C=O) groups excluding carboxylic acids is 2. The summed E-state index contributed by atoms with van der Waals surface area (Å²) in [6, 6.07) is -0.870. The molecule has 0 aliphatic rings. The molecule has 0 aromatic heterocycles. The van der Waals surface area contributed by atoms with E-state index >= 15 is 0 Å². The van der Waals surface area contributed by atoms with Crippen LogP contribution in [-0.4, -0.2) is 44.8 Å². The van der Waals surface area contributed by atoms with E-state index in [1.165, 1.54) is 0 Å². The summed E-state index contributed by atoms with van der Waals surface area (Å²) in [4.78, 5) is 22.6. The fourth-order valence-electron chi connectivity index (χ4n) is 0.981. The van der Waals surface area contributed by atoms with Gasteiger partial charge in [-0.05, 0) is 13.3 Å². The van der Waals surface area contributed by atoms with E-state index in [4.69, 9.17) is 4.74 Å². The van der Waals surface area contributed by atoms with Crippen molar-refractivity contribution in [3.8, 4) is 0 Å². The number of ether oxygens (including phenoxy) is 1. The number of urea groups is 1. The minimum atomic E-state index is -0.547. The lowest BCUT2D eigenvalue weighted by atomic mass is 10.3. The summed E-state index contributed by atoms with van der Waals surface area (Å²) in [7, 11) is 1.56. The Kier molecular flexibility index (Phi) is 8.24. The van der Waals surface area contributed by atoms with Gasteiger partial charge in [0, 0.05) is 20.2 Å². The highest BCUT2D eigenvalue weighted by atomic mass is 16.5. The third-order valence-corrected chi connectivity index (χ3v) is 1.88. The second kappa shape index (κ2) is 8.96. The molecule has 0 saturated carbocycles. The van der Waals surface area contributed by atoms with E-state index < -0.39 is 6.04 Å². The minimum Gasteiger partial charge on any atom is -0.383 e. The molecule has 0 aliphatic heterocycles. The van der Waals surface area contributed by atoms with Gasteiger partial charge >= 0.3 is 6.03 Å². The second-order valence-electron chi connectivity index (χ2n) is 3.41. The van der Waals surface area contributed by atoms with Crippen LogP contribution in [0.15, 0.2) is 0 Å². The number of carbonyl (C=O) groups is 2. The summed E-state index contributed by atoms with van der Waals surface area (Å²) in [5, 5.41) is 7.81. The zero-order chi connectivity index (χ0) is 12.4. The first-order valence-electron chi connectivity index (χ1n) is 5.42. The van der Waals surface area contributed by atoms with E-state index in [2.05, 4.69) is 16.0 Å². The van der Waals surface area contributed by atoms with Crippen LogP contribution in [0, 0.1) is 0 Å². The van der Waals surface area contributed by atoms with Crippen molar-refractivity contribution >= 4 is 11.9 Å². The second-order valence-corrected chi connectivity index (χ2v) is 3.41. The maximum atomic E-state index is 11.4. The largest absolute Gasteiger partial charge is 0.383 e. The van der Waals surface area contributed by atoms with E-state index in [1.54, 1.807) is 14.0 Å². The van der Waals surface area contributed by atoms with Gasteiger partial charge in [-0.3, -0.25) is 4.79 Å². The Labute approximate surface area is 96.1 Å². The molecule has 0 saturated heterocycles. The maximum Gasteiger partial charge on any atom is 0.315 e. The van der Waals surface area contributed by atoms with Gasteiger partial charge in [0.05, 0.1) is 6.61 Å². The molecule has 0 fully saturated rings. The van der Waals surface area contributed by atoms with Gasteiger partial charge in [0.1, 0.15) is 6.04 Å². The Morgan fingerprint density at radius 2 is 1.94 bits per heavy atom. The van der Waals surface area contributed by atoms with Gasteiger partial charge in [-0.25, -0.2) is 4.79 Å². The van der Waals surface area contributed by atoms with E-state index in [0.717, 1.165) is 6.42 Å². The number of nitrogens with one attached hydrogen (secondary N) is 3. The molecule has 0 bridgehead atoms. The molecular weight excluding hydrogens is 210 g/mol. The Hall–Kier alpha value is -1.30. The third kappa shape index (κ3) is 7.05. The third-order valence-electron chi connectivity index (χ3n) is 1.88. The first-order valence-corrected chi connectivity index (χ1v) is 5.42. The van der Waals surface area contributed by atoms with Crippen LogP contribution in [0.25, 0.3) is 0 Å². The van der Waals surface area contributed by atoms with Crippen LogP contribution in [0.4, 0.5) is 4.79 Å². The van der Waals surface area contributed by atoms with Crippen LogP contribution in [-0.2, 0) is 9.53 Å². The minimum absolute atomic E-state index is 0.219. The van der Waals surface area contributed by atoms with Crippen LogP contribution >= 0.6 is 0 Å². The van der Waals surface area contributed by atoms with Crippen molar-refractivity contribution in [1.82, 2.24) is 16.0 Å². The lowest BCUT2D eigenvalue weighted by Crippen LogP contribution is -2.49. The van der Waals surface area contributed by atoms with Gasteiger partial charge in [-0.15, -0.1) is 0 Å². The van der Waals surface area contributed by atoms with E-state index in [9.17, 15) is 9.59 Å². The summed E-state index contributed by atoms with van der Waals surface area (Å²) in [6.07, 6.45) is 0.863. The summed E-state index contributed by atoms with van der Waals surface area (Å²) >= 11 is 0. The van der Waals surface area contributed by atoms with Crippen molar-refractivity contribution in [1.29, 1.82) is 0 Å². The Morgan fingerprint density at radius 3 is 2.50 bits per heavy atom. The first-order chi connectivity index (χ1) is 7.61. The molecule has 94 valence electrons. The molecule has 0 aliphatic carbocycles. The topological polar surface area (TPSA) is 79.5 Å². The van der Waals surface area contributed by atoms with Crippen molar-refractivity contribution in [2.75, 3.05) is 26.8 Å². The van der Waals surface area contributed by atoms with Crippen molar-refractivity contribution in [2.24, 2.45) is 0 Å². The molecule has 16 heavy (non-hydrogen) atoms. The fraction of sp³-hybridized carbons (Fsp3) is 0.800. The number of methoxy groups -OCH3 is 1. The van der Waals surface area contributed by atoms with Gasteiger partial charge in [-0.1, -0.05) is 6.92 Å². The molecule has 0 heterocycles. The van der Waals surface area contributed by atoms with E-state index in [0.29, 0.717) is 19.7 Å². The molecule has 3 amide bonds. The molecule has 6 heteroatoms. The van der Waals surface area contributed by atoms with Gasteiger partial charge < -0.3 is 20.7 Å². The van der Waals surface area contributed by atoms with E-state index in [1.807, 2.05) is 6.92 Å². The lowest BCUT2D eigenvalue weighted by Gasteiger charge is -2.14. The summed E-state index contributed by atoms with van der Waals surface area (Å²) in [6.45, 7) is 5.09. The molecule has 0 rings (SSSR count). The molecule has 1 atom stereocenters. The van der Waals surface area contributed by atoms with Crippen molar-refractivity contribution in [3.05, 3.63) is 0 Å². The highest BCUT2D eigenvalue weighted by Gasteiger charge is 2.14. The molecule has 1 unspecified atom stereocenters. The standard InChI is InChI=1S/C10H21N3O3/c1-4-5-12-10(15)13-8(2)9(14)11-6-7-16-3/h8H,4-7H2,1-3H3,(H,11,14)(H2,12,13,15). The van der Waals surface area contributed by atoms with Crippen LogP contribution in [0.2, 0.25) is 0 Å². The lowest BCUT2D eigenvalue weighted by molar-refractivity contribution is -0.122. The maximum absolute atomic E-state index is 11.4. The van der Waals surface area contributed by atoms with Crippen molar-refractivity contribution in [2.45, 2.75) is 26.3 Å². The van der Waals surface area contributed by atoms with Crippen LogP contribution < -0.4 is 16.0 Å². The molecule has 0 aromatic carbocycles. The number of hydrogen-bond acceptors (Lipinski definition) is 3. The SMILES string of the molecule is CCCNC(=O)NC(C)C(=O)NCCOC. The zero-order valence-electron chi connectivity index (χ0n) is 10.1. The average molecular weight is 231 g/mol. The zero-order valence-corrected chi connectivity index (χ0v) is 10.1. The number of hydrogen-bond donors (Lipinski definition) is 3. The Balaban J connectivity index is 3.73. The van der Waals surface area contributed by atoms with Crippen molar-refractivity contribution < 1.29 is 14.3 Å². The predicted molar refractivity (Wildman–Crippen MR) is 61.2 cm³/mol. The summed E-state index contributed by atoms with van der Waals surface area (Å²) in [5.74, 6) is -0.219. The van der Waals surface area contributed by atoms with Gasteiger partial charge in [0.15, 0.2) is 0 Å². The van der Waals surface area contributed by atoms with Gasteiger partial charge in [0.25, 0.3) is 0 Å². The summed E-state index contributed by atoms with van der Waals surface area (Å²) in [5.41, 5.74) is 0. The van der Waals surface area contributed by atoms with Crippen LogP contribution in [0.1, 0.15) is 20.3 Å². The van der Waals surface area contributed by atoms with Gasteiger partial charge in [-0.2, -0.15) is 0 Å². The number of rotatable bonds is 7. The Morgan fingerprint density at radius 1 is 1.25 bits per heavy atom. The van der Waals surface area contributed by atoms with Gasteiger partial charge in [0.2, 0.25) is 5.91 Å². The smallest absolute Gasteiger partial charge is 0.315 e. The fourth-order valence-corrected chi connectivity index (χ4v) is 0.981. The Bertz CT molecular complexity index is 221. The quantitative estimate of drug-likeness (QED) is 0.533.